The van der Waals surface area contributed by atoms with Crippen LogP contribution in [0.2, 0.25) is 0 Å². The van der Waals surface area contributed by atoms with E-state index in [1.807, 2.05) is 23.1 Å². The third-order valence-electron chi connectivity index (χ3n) is 3.12. The molecule has 1 aromatic rings. The first-order valence-corrected chi connectivity index (χ1v) is 6.07. The maximum atomic E-state index is 11.7. The van der Waals surface area contributed by atoms with Gasteiger partial charge in [0.15, 0.2) is 0 Å². The van der Waals surface area contributed by atoms with Crippen LogP contribution >= 0.6 is 0 Å². The highest BCUT2D eigenvalue weighted by Gasteiger charge is 2.26. The minimum Gasteiger partial charge on any atom is -0.342 e. The predicted octanol–water partition coefficient (Wildman–Crippen LogP) is 2.49. The Balaban J connectivity index is 1.67. The molecular weight excluding hydrogens is 198 g/mol. The van der Waals surface area contributed by atoms with Gasteiger partial charge in [-0.1, -0.05) is 37.3 Å². The average Bonchev–Trinajstić information content (AvgIpc) is 2.26. The van der Waals surface area contributed by atoms with Gasteiger partial charge in [0.2, 0.25) is 5.91 Å². The molecular formula is C14H19NO. The second-order valence-corrected chi connectivity index (χ2v) is 4.74. The molecule has 1 aliphatic rings. The Labute approximate surface area is 97.3 Å². The van der Waals surface area contributed by atoms with Crippen LogP contribution in [0, 0.1) is 5.92 Å². The van der Waals surface area contributed by atoms with Crippen molar-refractivity contribution in [3.8, 4) is 0 Å². The van der Waals surface area contributed by atoms with E-state index >= 15 is 0 Å². The van der Waals surface area contributed by atoms with Gasteiger partial charge in [0, 0.05) is 19.5 Å². The molecule has 16 heavy (non-hydrogen) atoms. The van der Waals surface area contributed by atoms with Gasteiger partial charge in [-0.3, -0.25) is 4.79 Å². The summed E-state index contributed by atoms with van der Waals surface area (Å²) in [5.41, 5.74) is 1.33. The van der Waals surface area contributed by atoms with Crippen molar-refractivity contribution in [2.75, 3.05) is 13.1 Å². The zero-order chi connectivity index (χ0) is 11.4. The first-order chi connectivity index (χ1) is 7.75. The summed E-state index contributed by atoms with van der Waals surface area (Å²) >= 11 is 0. The molecule has 1 fully saturated rings. The number of benzene rings is 1. The molecule has 0 saturated carbocycles. The molecule has 1 aromatic carbocycles. The van der Waals surface area contributed by atoms with Gasteiger partial charge in [-0.15, -0.1) is 0 Å². The summed E-state index contributed by atoms with van der Waals surface area (Å²) < 4.78 is 0. The van der Waals surface area contributed by atoms with E-state index in [4.69, 9.17) is 0 Å². The third-order valence-corrected chi connectivity index (χ3v) is 3.12. The third kappa shape index (κ3) is 2.84. The Morgan fingerprint density at radius 3 is 2.62 bits per heavy atom. The fourth-order valence-corrected chi connectivity index (χ4v) is 2.15. The van der Waals surface area contributed by atoms with Gasteiger partial charge in [-0.25, -0.2) is 0 Å². The number of hydrogen-bond donors (Lipinski definition) is 0. The Morgan fingerprint density at radius 1 is 1.31 bits per heavy atom. The molecule has 2 nitrogen and oxygen atoms in total. The van der Waals surface area contributed by atoms with Gasteiger partial charge in [0.05, 0.1) is 0 Å². The fourth-order valence-electron chi connectivity index (χ4n) is 2.15. The van der Waals surface area contributed by atoms with E-state index < -0.39 is 0 Å². The smallest absolute Gasteiger partial charge is 0.222 e. The predicted molar refractivity (Wildman–Crippen MR) is 65.1 cm³/mol. The van der Waals surface area contributed by atoms with E-state index in [0.29, 0.717) is 18.2 Å². The highest BCUT2D eigenvalue weighted by Crippen LogP contribution is 2.16. The van der Waals surface area contributed by atoms with Crippen LogP contribution in [0.15, 0.2) is 30.3 Å². The van der Waals surface area contributed by atoms with E-state index in [0.717, 1.165) is 25.9 Å². The summed E-state index contributed by atoms with van der Waals surface area (Å²) in [5, 5.41) is 0. The van der Waals surface area contributed by atoms with Crippen LogP contribution < -0.4 is 0 Å². The Hall–Kier alpha value is -1.31. The topological polar surface area (TPSA) is 20.3 Å². The molecule has 0 atom stereocenters. The van der Waals surface area contributed by atoms with E-state index in [-0.39, 0.29) is 0 Å². The van der Waals surface area contributed by atoms with E-state index in [1.165, 1.54) is 5.56 Å². The monoisotopic (exact) mass is 217 g/mol. The minimum atomic E-state index is 0.328. The van der Waals surface area contributed by atoms with Crippen molar-refractivity contribution >= 4 is 5.91 Å². The van der Waals surface area contributed by atoms with Gasteiger partial charge in [-0.05, 0) is 24.3 Å². The zero-order valence-electron chi connectivity index (χ0n) is 9.86. The number of hydrogen-bond acceptors (Lipinski definition) is 1. The van der Waals surface area contributed by atoms with Crippen LogP contribution in [0.1, 0.15) is 25.3 Å². The van der Waals surface area contributed by atoms with Gasteiger partial charge in [0.1, 0.15) is 0 Å². The Kier molecular flexibility index (Phi) is 3.60. The quantitative estimate of drug-likeness (QED) is 0.758. The number of rotatable bonds is 4. The summed E-state index contributed by atoms with van der Waals surface area (Å²) in [7, 11) is 0. The van der Waals surface area contributed by atoms with Crippen molar-refractivity contribution in [3.05, 3.63) is 35.9 Å². The standard InChI is InChI=1S/C14H19NO/c1-12-10-15(11-12)14(16)9-5-8-13-6-3-2-4-7-13/h2-4,6-7,12H,5,8-11H2,1H3. The van der Waals surface area contributed by atoms with Crippen molar-refractivity contribution in [3.63, 3.8) is 0 Å². The average molecular weight is 217 g/mol. The lowest BCUT2D eigenvalue weighted by Gasteiger charge is -2.37. The second-order valence-electron chi connectivity index (χ2n) is 4.74. The second kappa shape index (κ2) is 5.15. The molecule has 86 valence electrons. The molecule has 1 saturated heterocycles. The molecule has 1 heterocycles. The van der Waals surface area contributed by atoms with Crippen LogP contribution in [-0.4, -0.2) is 23.9 Å². The molecule has 1 aliphatic heterocycles. The first kappa shape index (κ1) is 11.2. The lowest BCUT2D eigenvalue weighted by atomic mass is 10.0. The Morgan fingerprint density at radius 2 is 2.00 bits per heavy atom. The molecule has 2 heteroatoms. The van der Waals surface area contributed by atoms with Gasteiger partial charge < -0.3 is 4.90 Å². The molecule has 0 N–H and O–H groups in total. The van der Waals surface area contributed by atoms with Crippen LogP contribution in [0.3, 0.4) is 0 Å². The van der Waals surface area contributed by atoms with E-state index in [2.05, 4.69) is 19.1 Å². The molecule has 0 spiro atoms. The molecule has 2 rings (SSSR count). The van der Waals surface area contributed by atoms with Gasteiger partial charge in [0.25, 0.3) is 0 Å². The lowest BCUT2D eigenvalue weighted by molar-refractivity contribution is -0.137. The van der Waals surface area contributed by atoms with Crippen LogP contribution in [0.25, 0.3) is 0 Å². The number of carbonyl (C=O) groups excluding carboxylic acids is 1. The van der Waals surface area contributed by atoms with Crippen molar-refractivity contribution in [1.82, 2.24) is 4.90 Å². The Bertz CT molecular complexity index is 341. The highest BCUT2D eigenvalue weighted by molar-refractivity contribution is 5.76. The number of aryl methyl sites for hydroxylation is 1. The van der Waals surface area contributed by atoms with Crippen LogP contribution in [-0.2, 0) is 11.2 Å². The van der Waals surface area contributed by atoms with Crippen molar-refractivity contribution < 1.29 is 4.79 Å². The first-order valence-electron chi connectivity index (χ1n) is 6.07. The van der Waals surface area contributed by atoms with Crippen molar-refractivity contribution in [2.24, 2.45) is 5.92 Å². The molecule has 0 unspecified atom stereocenters. The normalized spacial score (nSPS) is 15.9. The number of likely N-dealkylation sites (tertiary alicyclic amines) is 1. The van der Waals surface area contributed by atoms with Crippen molar-refractivity contribution in [2.45, 2.75) is 26.2 Å². The van der Waals surface area contributed by atoms with Gasteiger partial charge in [-0.2, -0.15) is 0 Å². The van der Waals surface area contributed by atoms with Gasteiger partial charge >= 0.3 is 0 Å². The largest absolute Gasteiger partial charge is 0.342 e. The lowest BCUT2D eigenvalue weighted by Crippen LogP contribution is -2.48. The van der Waals surface area contributed by atoms with Crippen LogP contribution in [0.4, 0.5) is 0 Å². The summed E-state index contributed by atoms with van der Waals surface area (Å²) in [6.45, 7) is 4.11. The maximum absolute atomic E-state index is 11.7. The molecule has 1 amide bonds. The molecule has 0 bridgehead atoms. The summed E-state index contributed by atoms with van der Waals surface area (Å²) in [4.78, 5) is 13.7. The minimum absolute atomic E-state index is 0.328. The molecule has 0 radical (unpaired) electrons. The van der Waals surface area contributed by atoms with E-state index in [1.54, 1.807) is 0 Å². The zero-order valence-corrected chi connectivity index (χ0v) is 9.86. The SMILES string of the molecule is CC1CN(C(=O)CCCc2ccccc2)C1. The molecule has 0 aliphatic carbocycles. The maximum Gasteiger partial charge on any atom is 0.222 e. The number of nitrogens with zero attached hydrogens (tertiary/aromatic N) is 1. The number of carbonyl (C=O) groups is 1. The summed E-state index contributed by atoms with van der Waals surface area (Å²) in [5.74, 6) is 1.03. The van der Waals surface area contributed by atoms with E-state index in [9.17, 15) is 4.79 Å². The van der Waals surface area contributed by atoms with Crippen molar-refractivity contribution in [1.29, 1.82) is 0 Å². The number of amides is 1. The summed E-state index contributed by atoms with van der Waals surface area (Å²) in [6, 6.07) is 10.4. The fraction of sp³-hybridized carbons (Fsp3) is 0.500. The van der Waals surface area contributed by atoms with Crippen LogP contribution in [0.5, 0.6) is 0 Å². The molecule has 0 aromatic heterocycles. The highest BCUT2D eigenvalue weighted by atomic mass is 16.2. The summed E-state index contributed by atoms with van der Waals surface area (Å²) in [6.07, 6.45) is 2.67.